The molecule has 6 heteroatoms. The number of ketones is 1. The van der Waals surface area contributed by atoms with Gasteiger partial charge in [-0.2, -0.15) is 0 Å². The molecule has 6 nitrogen and oxygen atoms in total. The Bertz CT molecular complexity index is 525. The molecule has 1 rings (SSSR count). The van der Waals surface area contributed by atoms with Gasteiger partial charge < -0.3 is 4.74 Å². The maximum atomic E-state index is 12.1. The van der Waals surface area contributed by atoms with Crippen LogP contribution >= 0.6 is 0 Å². The van der Waals surface area contributed by atoms with Crippen molar-refractivity contribution in [1.29, 1.82) is 0 Å². The van der Waals surface area contributed by atoms with Gasteiger partial charge in [0.15, 0.2) is 5.78 Å². The molecule has 19 heavy (non-hydrogen) atoms. The number of carbonyl (C=O) groups is 2. The van der Waals surface area contributed by atoms with E-state index in [4.69, 9.17) is 4.74 Å². The third kappa shape index (κ3) is 3.13. The normalized spacial score (nSPS) is 11.4. The van der Waals surface area contributed by atoms with Crippen LogP contribution in [0.3, 0.4) is 0 Å². The lowest BCUT2D eigenvalue weighted by Crippen LogP contribution is -2.39. The van der Waals surface area contributed by atoms with Gasteiger partial charge in [-0.3, -0.25) is 18.7 Å². The van der Waals surface area contributed by atoms with E-state index in [9.17, 15) is 14.4 Å². The van der Waals surface area contributed by atoms with E-state index in [2.05, 4.69) is 0 Å². The molecule has 0 aliphatic heterocycles. The summed E-state index contributed by atoms with van der Waals surface area (Å²) in [6, 6.07) is 0. The number of hydrogen-bond donors (Lipinski definition) is 0. The average Bonchev–Trinajstić information content (AvgIpc) is 2.70. The van der Waals surface area contributed by atoms with Crippen molar-refractivity contribution in [2.45, 2.75) is 40.8 Å². The SMILES string of the molecule is CCOC(=O)C(C)(C)C(=O)Cn1ccn(CC)c1=O. The van der Waals surface area contributed by atoms with Crippen LogP contribution in [0.15, 0.2) is 17.2 Å². The van der Waals surface area contributed by atoms with Crippen molar-refractivity contribution in [2.75, 3.05) is 6.61 Å². The highest BCUT2D eigenvalue weighted by Gasteiger charge is 2.37. The minimum Gasteiger partial charge on any atom is -0.465 e. The summed E-state index contributed by atoms with van der Waals surface area (Å²) in [5.41, 5.74) is -1.50. The van der Waals surface area contributed by atoms with E-state index in [0.29, 0.717) is 6.54 Å². The Balaban J connectivity index is 2.87. The number of esters is 1. The van der Waals surface area contributed by atoms with Crippen LogP contribution in [0.25, 0.3) is 0 Å². The van der Waals surface area contributed by atoms with Crippen molar-refractivity contribution >= 4 is 11.8 Å². The Morgan fingerprint density at radius 1 is 1.21 bits per heavy atom. The van der Waals surface area contributed by atoms with Gasteiger partial charge in [0.2, 0.25) is 0 Å². The van der Waals surface area contributed by atoms with E-state index in [-0.39, 0.29) is 24.6 Å². The molecule has 0 aromatic carbocycles. The van der Waals surface area contributed by atoms with Gasteiger partial charge in [0, 0.05) is 18.9 Å². The molecule has 1 aromatic rings. The van der Waals surface area contributed by atoms with Gasteiger partial charge in [0.05, 0.1) is 13.2 Å². The second kappa shape index (κ2) is 5.86. The summed E-state index contributed by atoms with van der Waals surface area (Å²) in [6.07, 6.45) is 3.16. The monoisotopic (exact) mass is 268 g/mol. The highest BCUT2D eigenvalue weighted by molar-refractivity contribution is 6.02. The van der Waals surface area contributed by atoms with E-state index in [1.54, 1.807) is 19.3 Å². The molecule has 0 N–H and O–H groups in total. The number of rotatable bonds is 6. The van der Waals surface area contributed by atoms with Gasteiger partial charge in [-0.05, 0) is 27.7 Å². The molecule has 0 aliphatic rings. The lowest BCUT2D eigenvalue weighted by atomic mass is 9.88. The third-order valence-electron chi connectivity index (χ3n) is 3.06. The van der Waals surface area contributed by atoms with Crippen molar-refractivity contribution < 1.29 is 14.3 Å². The number of aryl methyl sites for hydroxylation is 1. The zero-order chi connectivity index (χ0) is 14.6. The fourth-order valence-corrected chi connectivity index (χ4v) is 1.59. The van der Waals surface area contributed by atoms with Gasteiger partial charge in [-0.15, -0.1) is 0 Å². The third-order valence-corrected chi connectivity index (χ3v) is 3.06. The van der Waals surface area contributed by atoms with Crippen LogP contribution in [0.4, 0.5) is 0 Å². The predicted octanol–water partition coefficient (Wildman–Crippen LogP) is 0.828. The second-order valence-electron chi connectivity index (χ2n) is 4.76. The fourth-order valence-electron chi connectivity index (χ4n) is 1.59. The summed E-state index contributed by atoms with van der Waals surface area (Å²) in [5.74, 6) is -0.912. The largest absolute Gasteiger partial charge is 0.465 e. The summed E-state index contributed by atoms with van der Waals surface area (Å²) in [7, 11) is 0. The standard InChI is InChI=1S/C13H20N2O4/c1-5-14-7-8-15(12(14)18)9-10(16)13(3,4)11(17)19-6-2/h7-8H,5-6,9H2,1-4H3. The van der Waals surface area contributed by atoms with Gasteiger partial charge in [0.1, 0.15) is 5.41 Å². The molecule has 0 unspecified atom stereocenters. The van der Waals surface area contributed by atoms with E-state index in [1.807, 2.05) is 6.92 Å². The van der Waals surface area contributed by atoms with Crippen LogP contribution in [0.2, 0.25) is 0 Å². The van der Waals surface area contributed by atoms with Gasteiger partial charge >= 0.3 is 11.7 Å². The Labute approximate surface area is 112 Å². The Morgan fingerprint density at radius 3 is 2.26 bits per heavy atom. The Hall–Kier alpha value is -1.85. The predicted molar refractivity (Wildman–Crippen MR) is 69.8 cm³/mol. The van der Waals surface area contributed by atoms with Crippen LogP contribution in [-0.4, -0.2) is 27.5 Å². The molecule has 0 spiro atoms. The molecule has 1 heterocycles. The van der Waals surface area contributed by atoms with Crippen LogP contribution in [0.5, 0.6) is 0 Å². The lowest BCUT2D eigenvalue weighted by molar-refractivity contribution is -0.158. The zero-order valence-electron chi connectivity index (χ0n) is 11.8. The van der Waals surface area contributed by atoms with E-state index < -0.39 is 11.4 Å². The second-order valence-corrected chi connectivity index (χ2v) is 4.76. The van der Waals surface area contributed by atoms with E-state index in [0.717, 1.165) is 0 Å². The van der Waals surface area contributed by atoms with Gasteiger partial charge in [-0.1, -0.05) is 0 Å². The van der Waals surface area contributed by atoms with Crippen LogP contribution in [-0.2, 0) is 27.4 Å². The maximum absolute atomic E-state index is 12.1. The highest BCUT2D eigenvalue weighted by atomic mass is 16.5. The molecule has 0 bridgehead atoms. The molecule has 0 saturated heterocycles. The highest BCUT2D eigenvalue weighted by Crippen LogP contribution is 2.19. The summed E-state index contributed by atoms with van der Waals surface area (Å²) in [5, 5.41) is 0. The minimum absolute atomic E-state index is 0.127. The molecule has 0 atom stereocenters. The molecule has 0 saturated carbocycles. The first-order chi connectivity index (χ1) is 8.84. The fraction of sp³-hybridized carbons (Fsp3) is 0.615. The Kier molecular flexibility index (Phi) is 4.69. The van der Waals surface area contributed by atoms with Crippen molar-refractivity contribution in [2.24, 2.45) is 5.41 Å². The number of ether oxygens (including phenoxy) is 1. The molecule has 0 fully saturated rings. The molecular weight excluding hydrogens is 248 g/mol. The number of imidazole rings is 1. The number of aromatic nitrogens is 2. The van der Waals surface area contributed by atoms with Crippen molar-refractivity contribution in [3.63, 3.8) is 0 Å². The number of carbonyl (C=O) groups excluding carboxylic acids is 2. The molecule has 0 aliphatic carbocycles. The van der Waals surface area contributed by atoms with E-state index in [1.165, 1.54) is 23.0 Å². The summed E-state index contributed by atoms with van der Waals surface area (Å²) >= 11 is 0. The maximum Gasteiger partial charge on any atom is 0.328 e. The van der Waals surface area contributed by atoms with Crippen LogP contribution in [0.1, 0.15) is 27.7 Å². The molecular formula is C13H20N2O4. The van der Waals surface area contributed by atoms with Gasteiger partial charge in [0.25, 0.3) is 0 Å². The van der Waals surface area contributed by atoms with Gasteiger partial charge in [-0.25, -0.2) is 4.79 Å². The summed E-state index contributed by atoms with van der Waals surface area (Å²) < 4.78 is 7.66. The topological polar surface area (TPSA) is 70.3 Å². The first-order valence-corrected chi connectivity index (χ1v) is 6.30. The Morgan fingerprint density at radius 2 is 1.79 bits per heavy atom. The van der Waals surface area contributed by atoms with Crippen molar-refractivity contribution in [1.82, 2.24) is 9.13 Å². The molecule has 106 valence electrons. The molecule has 1 aromatic heterocycles. The summed E-state index contributed by atoms with van der Waals surface area (Å²) in [6.45, 7) is 7.19. The number of nitrogens with zero attached hydrogens (tertiary/aromatic N) is 2. The molecule has 0 amide bonds. The quantitative estimate of drug-likeness (QED) is 0.566. The minimum atomic E-state index is -1.25. The smallest absolute Gasteiger partial charge is 0.328 e. The zero-order valence-corrected chi connectivity index (χ0v) is 11.8. The first kappa shape index (κ1) is 15.2. The number of Topliss-reactive ketones (excluding diaryl/α,β-unsaturated/α-hetero) is 1. The summed E-state index contributed by atoms with van der Waals surface area (Å²) in [4.78, 5) is 35.7. The number of hydrogen-bond acceptors (Lipinski definition) is 4. The van der Waals surface area contributed by atoms with Crippen molar-refractivity contribution in [3.8, 4) is 0 Å². The first-order valence-electron chi connectivity index (χ1n) is 6.30. The van der Waals surface area contributed by atoms with E-state index >= 15 is 0 Å². The lowest BCUT2D eigenvalue weighted by Gasteiger charge is -2.20. The van der Waals surface area contributed by atoms with Crippen LogP contribution < -0.4 is 5.69 Å². The van der Waals surface area contributed by atoms with Crippen molar-refractivity contribution in [3.05, 3.63) is 22.9 Å². The molecule has 0 radical (unpaired) electrons. The average molecular weight is 268 g/mol. The van der Waals surface area contributed by atoms with Crippen LogP contribution in [0, 0.1) is 5.41 Å².